The van der Waals surface area contributed by atoms with Gasteiger partial charge in [0.05, 0.1) is 12.8 Å². The van der Waals surface area contributed by atoms with Crippen molar-refractivity contribution < 1.29 is 33.5 Å². The molecule has 8 atom stereocenters. The summed E-state index contributed by atoms with van der Waals surface area (Å²) >= 11 is 0. The normalized spacial score (nSPS) is 35.8. The fourth-order valence-electron chi connectivity index (χ4n) is 6.90. The molecule has 4 saturated heterocycles. The van der Waals surface area contributed by atoms with Crippen molar-refractivity contribution in [2.24, 2.45) is 28.8 Å². The topological polar surface area (TPSA) is 109 Å². The number of hydrogen-bond donors (Lipinski definition) is 2. The van der Waals surface area contributed by atoms with Gasteiger partial charge < -0.3 is 24.3 Å². The van der Waals surface area contributed by atoms with Crippen LogP contribution in [0, 0.1) is 23.7 Å². The molecule has 5 aliphatic rings. The Balaban J connectivity index is 1.06. The van der Waals surface area contributed by atoms with Crippen LogP contribution in [-0.4, -0.2) is 42.8 Å². The lowest BCUT2D eigenvalue weighted by atomic mass is 9.58. The quantitative estimate of drug-likeness (QED) is 0.247. The number of urea groups is 1. The summed E-state index contributed by atoms with van der Waals surface area (Å²) in [7, 11) is 0. The summed E-state index contributed by atoms with van der Waals surface area (Å²) in [4.78, 5) is 24.3. The minimum absolute atomic E-state index is 0.0789. The van der Waals surface area contributed by atoms with Crippen molar-refractivity contribution in [3.8, 4) is 11.5 Å². The number of carbonyl (C=O) groups excluding carboxylic acids is 1. The molecule has 0 radical (unpaired) electrons. The first-order valence-corrected chi connectivity index (χ1v) is 14.6. The van der Waals surface area contributed by atoms with Gasteiger partial charge in [0.1, 0.15) is 11.5 Å². The Bertz CT molecular complexity index is 1260. The Hall–Kier alpha value is -3.18. The van der Waals surface area contributed by atoms with Gasteiger partial charge in [0.15, 0.2) is 11.9 Å². The average Bonchev–Trinajstić information content (AvgIpc) is 3.19. The van der Waals surface area contributed by atoms with E-state index in [1.807, 2.05) is 38.1 Å². The van der Waals surface area contributed by atoms with Crippen LogP contribution in [0.1, 0.15) is 58.9 Å². The molecule has 0 aromatic heterocycles. The summed E-state index contributed by atoms with van der Waals surface area (Å²) in [6, 6.07) is 14.2. The van der Waals surface area contributed by atoms with Gasteiger partial charge in [-0.25, -0.2) is 20.0 Å². The van der Waals surface area contributed by atoms with Crippen molar-refractivity contribution in [3.63, 3.8) is 0 Å². The van der Waals surface area contributed by atoms with E-state index in [1.54, 1.807) is 30.5 Å². The zero-order valence-electron chi connectivity index (χ0n) is 24.0. The maximum atomic E-state index is 12.2. The third-order valence-electron chi connectivity index (χ3n) is 9.03. The molecule has 2 aromatic rings. The number of fused-ring (bicyclic) bond motifs is 2. The van der Waals surface area contributed by atoms with Gasteiger partial charge in [-0.05, 0) is 99.0 Å². The van der Waals surface area contributed by atoms with Crippen molar-refractivity contribution in [1.29, 1.82) is 0 Å². The molecule has 4 aliphatic heterocycles. The molecule has 2 N–H and O–H groups in total. The molecule has 1 unspecified atom stereocenters. The maximum Gasteiger partial charge on any atom is 0.339 e. The molecule has 1 aliphatic carbocycles. The lowest BCUT2D eigenvalue weighted by Gasteiger charge is -2.60. The predicted octanol–water partition coefficient (Wildman–Crippen LogP) is 5.83. The SMILES string of the molecule is CCOc1ccc(NC(=O)N/N=C/c2ccc(O[C@H]3O[C@@H]4OC5(C)CC[C@H]6[C@H](C)CC[C@@H]([C@H]3C)[C@@]46OO5)cc2)cc1. The van der Waals surface area contributed by atoms with Gasteiger partial charge >= 0.3 is 6.03 Å². The lowest BCUT2D eigenvalue weighted by molar-refractivity contribution is -0.575. The molecule has 1 saturated carbocycles. The van der Waals surface area contributed by atoms with E-state index in [0.29, 0.717) is 29.9 Å². The first kappa shape index (κ1) is 28.0. The third-order valence-corrected chi connectivity index (χ3v) is 9.03. The summed E-state index contributed by atoms with van der Waals surface area (Å²) in [6.45, 7) is 8.90. The Morgan fingerprint density at radius 2 is 1.78 bits per heavy atom. The molecule has 10 heteroatoms. The summed E-state index contributed by atoms with van der Waals surface area (Å²) in [5.74, 6) is 1.71. The van der Waals surface area contributed by atoms with Gasteiger partial charge in [0.25, 0.3) is 0 Å². The van der Waals surface area contributed by atoms with Crippen LogP contribution in [0.15, 0.2) is 53.6 Å². The minimum Gasteiger partial charge on any atom is -0.494 e. The smallest absolute Gasteiger partial charge is 0.339 e. The monoisotopic (exact) mass is 565 g/mol. The highest BCUT2D eigenvalue weighted by molar-refractivity contribution is 5.90. The summed E-state index contributed by atoms with van der Waals surface area (Å²) in [5.41, 5.74) is 3.31. The van der Waals surface area contributed by atoms with Crippen molar-refractivity contribution >= 4 is 17.9 Å². The Kier molecular flexibility index (Phi) is 7.67. The predicted molar refractivity (Wildman–Crippen MR) is 151 cm³/mol. The number of anilines is 1. The molecule has 4 heterocycles. The maximum absolute atomic E-state index is 12.2. The van der Waals surface area contributed by atoms with Crippen LogP contribution in [0.3, 0.4) is 0 Å². The van der Waals surface area contributed by atoms with Gasteiger partial charge in [-0.15, -0.1) is 0 Å². The standard InChI is InChI=1S/C31H39N3O7/c1-5-36-23-13-9-22(10-14-23)33-29(35)34-32-18-21-7-11-24(12-8-21)37-27-20(3)26-15-6-19(2)25-16-17-30(4)39-28(38-27)31(25,26)41-40-30/h7-14,18-20,25-28H,5-6,15-17H2,1-4H3,(H2,33,34,35)/b32-18+/t19-,20-,25+,26+,27+,28-,30?,31-/m1/s1. The Morgan fingerprint density at radius 3 is 2.54 bits per heavy atom. The fourth-order valence-corrected chi connectivity index (χ4v) is 6.90. The van der Waals surface area contributed by atoms with E-state index < -0.39 is 30.0 Å². The van der Waals surface area contributed by atoms with Crippen molar-refractivity contribution in [1.82, 2.24) is 5.43 Å². The number of ether oxygens (including phenoxy) is 4. The third kappa shape index (κ3) is 5.41. The van der Waals surface area contributed by atoms with Gasteiger partial charge in [0.2, 0.25) is 12.1 Å². The molecule has 220 valence electrons. The fraction of sp³-hybridized carbons (Fsp3) is 0.548. The van der Waals surface area contributed by atoms with E-state index in [0.717, 1.165) is 37.0 Å². The van der Waals surface area contributed by atoms with E-state index in [1.165, 1.54) is 0 Å². The van der Waals surface area contributed by atoms with Gasteiger partial charge in [-0.1, -0.05) is 13.8 Å². The molecule has 1 spiro atoms. The highest BCUT2D eigenvalue weighted by Crippen LogP contribution is 2.60. The number of carbonyl (C=O) groups is 1. The number of nitrogens with zero attached hydrogens (tertiary/aromatic N) is 1. The van der Waals surface area contributed by atoms with Crippen LogP contribution in [0.5, 0.6) is 11.5 Å². The van der Waals surface area contributed by atoms with Crippen LogP contribution >= 0.6 is 0 Å². The second-order valence-corrected chi connectivity index (χ2v) is 11.7. The number of nitrogens with one attached hydrogen (secondary N) is 2. The van der Waals surface area contributed by atoms with E-state index >= 15 is 0 Å². The molecule has 5 fully saturated rings. The minimum atomic E-state index is -0.817. The van der Waals surface area contributed by atoms with Crippen LogP contribution in [-0.2, 0) is 19.2 Å². The zero-order valence-corrected chi connectivity index (χ0v) is 24.0. The highest BCUT2D eigenvalue weighted by Gasteiger charge is 2.69. The van der Waals surface area contributed by atoms with Gasteiger partial charge in [-0.2, -0.15) is 5.10 Å². The number of benzene rings is 2. The summed E-state index contributed by atoms with van der Waals surface area (Å²) < 4.78 is 24.7. The first-order chi connectivity index (χ1) is 19.8. The van der Waals surface area contributed by atoms with Crippen LogP contribution in [0.25, 0.3) is 0 Å². The molecule has 2 amide bonds. The van der Waals surface area contributed by atoms with Crippen LogP contribution < -0.4 is 20.2 Å². The lowest BCUT2D eigenvalue weighted by Crippen LogP contribution is -2.70. The number of amides is 2. The molecule has 41 heavy (non-hydrogen) atoms. The summed E-state index contributed by atoms with van der Waals surface area (Å²) in [5, 5.41) is 6.77. The highest BCUT2D eigenvalue weighted by atomic mass is 17.3. The van der Waals surface area contributed by atoms with Gasteiger partial charge in [-0.3, -0.25) is 0 Å². The first-order valence-electron chi connectivity index (χ1n) is 14.6. The number of hydrogen-bond acceptors (Lipinski definition) is 8. The molecular formula is C31H39N3O7. The van der Waals surface area contributed by atoms with Crippen molar-refractivity contribution in [2.45, 2.75) is 77.3 Å². The second kappa shape index (κ2) is 11.2. The number of rotatable bonds is 7. The summed E-state index contributed by atoms with van der Waals surface area (Å²) in [6.07, 6.45) is 4.46. The molecule has 10 nitrogen and oxygen atoms in total. The molecular weight excluding hydrogens is 526 g/mol. The van der Waals surface area contributed by atoms with Gasteiger partial charge in [0, 0.05) is 23.9 Å². The Labute approximate surface area is 240 Å². The zero-order chi connectivity index (χ0) is 28.6. The van der Waals surface area contributed by atoms with E-state index in [-0.39, 0.29) is 11.8 Å². The van der Waals surface area contributed by atoms with Crippen LogP contribution in [0.4, 0.5) is 10.5 Å². The van der Waals surface area contributed by atoms with Crippen molar-refractivity contribution in [3.05, 3.63) is 54.1 Å². The van der Waals surface area contributed by atoms with Crippen molar-refractivity contribution in [2.75, 3.05) is 11.9 Å². The Morgan fingerprint density at radius 1 is 1.02 bits per heavy atom. The molecule has 2 bridgehead atoms. The number of hydrazone groups is 1. The molecule has 2 aromatic carbocycles. The second-order valence-electron chi connectivity index (χ2n) is 11.7. The van der Waals surface area contributed by atoms with E-state index in [9.17, 15) is 4.79 Å². The average molecular weight is 566 g/mol. The molecule has 7 rings (SSSR count). The van der Waals surface area contributed by atoms with E-state index in [4.69, 9.17) is 28.7 Å². The van der Waals surface area contributed by atoms with E-state index in [2.05, 4.69) is 29.7 Å². The van der Waals surface area contributed by atoms with Crippen LogP contribution in [0.2, 0.25) is 0 Å². The largest absolute Gasteiger partial charge is 0.494 e.